The Balaban J connectivity index is 3.37. The lowest BCUT2D eigenvalue weighted by molar-refractivity contribution is 0.770. The van der Waals surface area contributed by atoms with Crippen LogP contribution in [0.4, 0.5) is 11.5 Å². The molecule has 0 aliphatic carbocycles. The molecular weight excluding hydrogens is 142 g/mol. The highest BCUT2D eigenvalue weighted by Crippen LogP contribution is 2.04. The summed E-state index contributed by atoms with van der Waals surface area (Å²) in [5.74, 6) is 0.260. The predicted molar refractivity (Wildman–Crippen MR) is 42.9 cm³/mol. The lowest BCUT2D eigenvalue weighted by atomic mass is 10.4. The quantitative estimate of drug-likeness (QED) is 0.575. The number of rotatable bonds is 1. The molecule has 4 N–H and O–H groups in total. The topological polar surface area (TPSA) is 74.0 Å². The number of nitrogens with two attached hydrogens (primary N) is 2. The summed E-state index contributed by atoms with van der Waals surface area (Å²) in [4.78, 5) is 10.8. The summed E-state index contributed by atoms with van der Waals surface area (Å²) in [7, 11) is 0. The van der Waals surface area contributed by atoms with Crippen LogP contribution in [-0.4, -0.2) is 4.57 Å². The Morgan fingerprint density at radius 2 is 2.18 bits per heavy atom. The smallest absolute Gasteiger partial charge is 0.257 e. The van der Waals surface area contributed by atoms with Crippen LogP contribution in [0.15, 0.2) is 4.79 Å². The average molecular weight is 151 g/mol. The highest BCUT2D eigenvalue weighted by Gasteiger charge is 2.00. The summed E-state index contributed by atoms with van der Waals surface area (Å²) in [5.41, 5.74) is 10.5. The van der Waals surface area contributed by atoms with Crippen LogP contribution in [0.25, 0.3) is 0 Å². The van der Waals surface area contributed by atoms with E-state index in [4.69, 9.17) is 11.5 Å². The average Bonchev–Trinajstić information content (AvgIpc) is 2.01. The lowest BCUT2D eigenvalue weighted by Gasteiger charge is -2.03. The second-order valence-corrected chi connectivity index (χ2v) is 2.11. The van der Waals surface area contributed by atoms with E-state index in [9.17, 15) is 4.79 Å². The maximum absolute atomic E-state index is 10.8. The van der Waals surface area contributed by atoms with Crippen LogP contribution >= 0.6 is 0 Å². The molecule has 0 aliphatic rings. The monoisotopic (exact) mass is 151 g/mol. The number of hydrogen-bond acceptors (Lipinski definition) is 3. The van der Waals surface area contributed by atoms with Crippen LogP contribution in [-0.2, 0) is 6.54 Å². The van der Waals surface area contributed by atoms with Gasteiger partial charge in [-0.2, -0.15) is 0 Å². The van der Waals surface area contributed by atoms with Gasteiger partial charge in [-0.05, 0) is 6.92 Å². The minimum Gasteiger partial charge on any atom is -0.392 e. The van der Waals surface area contributed by atoms with Gasteiger partial charge < -0.3 is 11.5 Å². The summed E-state index contributed by atoms with van der Waals surface area (Å²) in [6.07, 6.45) is 2.57. The van der Waals surface area contributed by atoms with Crippen molar-refractivity contribution >= 4 is 11.5 Å². The number of anilines is 2. The molecule has 11 heavy (non-hydrogen) atoms. The van der Waals surface area contributed by atoms with Crippen molar-refractivity contribution in [1.82, 2.24) is 4.57 Å². The molecule has 0 fully saturated rings. The fourth-order valence-electron chi connectivity index (χ4n) is 0.757. The van der Waals surface area contributed by atoms with Gasteiger partial charge in [0.25, 0.3) is 5.43 Å². The molecule has 0 unspecified atom stereocenters. The minimum atomic E-state index is -0.396. The summed E-state index contributed by atoms with van der Waals surface area (Å²) in [6.45, 7) is 2.51. The van der Waals surface area contributed by atoms with Crippen LogP contribution in [0.2, 0.25) is 0 Å². The third kappa shape index (κ3) is 1.13. The van der Waals surface area contributed by atoms with Crippen LogP contribution in [0.3, 0.4) is 0 Å². The van der Waals surface area contributed by atoms with E-state index in [-0.39, 0.29) is 11.5 Å². The van der Waals surface area contributed by atoms with Crippen LogP contribution in [0.5, 0.6) is 0 Å². The van der Waals surface area contributed by atoms with Gasteiger partial charge in [0.15, 0.2) is 0 Å². The van der Waals surface area contributed by atoms with E-state index in [1.54, 1.807) is 0 Å². The standard InChI is InChI=1S/C7H9N3O/c1-2-10-4-3-5(11)6(8)7(10)9/h2,8-9H2,1H3. The third-order valence-corrected chi connectivity index (χ3v) is 1.43. The Morgan fingerprint density at radius 3 is 2.73 bits per heavy atom. The molecule has 0 bridgehead atoms. The van der Waals surface area contributed by atoms with Gasteiger partial charge in [-0.3, -0.25) is 9.36 Å². The molecule has 0 aliphatic heterocycles. The van der Waals surface area contributed by atoms with Crippen molar-refractivity contribution < 1.29 is 0 Å². The Hall–Kier alpha value is -1.63. The fourth-order valence-corrected chi connectivity index (χ4v) is 0.757. The van der Waals surface area contributed by atoms with Gasteiger partial charge in [-0.1, -0.05) is 0 Å². The zero-order valence-corrected chi connectivity index (χ0v) is 6.22. The highest BCUT2D eigenvalue weighted by molar-refractivity contribution is 5.56. The zero-order chi connectivity index (χ0) is 8.43. The molecule has 4 heteroatoms. The number of aromatic nitrogens is 1. The van der Waals surface area contributed by atoms with E-state index in [2.05, 4.69) is 12.3 Å². The molecule has 0 atom stereocenters. The molecule has 1 rings (SSSR count). The molecular formula is C7H9N3O. The summed E-state index contributed by atoms with van der Waals surface area (Å²) in [6, 6.07) is 2.34. The van der Waals surface area contributed by atoms with Crippen LogP contribution in [0, 0.1) is 12.3 Å². The first-order valence-corrected chi connectivity index (χ1v) is 3.25. The Bertz CT molecular complexity index is 316. The van der Waals surface area contributed by atoms with Gasteiger partial charge in [-0.25, -0.2) is 0 Å². The van der Waals surface area contributed by atoms with Crippen molar-refractivity contribution in [3.63, 3.8) is 0 Å². The first-order chi connectivity index (χ1) is 5.16. The van der Waals surface area contributed by atoms with E-state index in [1.165, 1.54) is 4.57 Å². The molecule has 58 valence electrons. The third-order valence-electron chi connectivity index (χ3n) is 1.43. The summed E-state index contributed by atoms with van der Waals surface area (Å²) in [5, 5.41) is 0. The Labute approximate surface area is 64.4 Å². The van der Waals surface area contributed by atoms with Gasteiger partial charge in [0.1, 0.15) is 11.5 Å². The lowest BCUT2D eigenvalue weighted by Crippen LogP contribution is -2.14. The first kappa shape index (κ1) is 7.48. The van der Waals surface area contributed by atoms with Crippen LogP contribution in [0.1, 0.15) is 6.92 Å². The highest BCUT2D eigenvalue weighted by atomic mass is 16.1. The van der Waals surface area contributed by atoms with Crippen LogP contribution < -0.4 is 16.9 Å². The normalized spacial score (nSPS) is 9.18. The van der Waals surface area contributed by atoms with Gasteiger partial charge in [0, 0.05) is 18.8 Å². The van der Waals surface area contributed by atoms with Gasteiger partial charge in [0.05, 0.1) is 0 Å². The second kappa shape index (κ2) is 2.54. The minimum absolute atomic E-state index is 0.0469. The molecule has 0 saturated carbocycles. The molecule has 0 spiro atoms. The van der Waals surface area contributed by atoms with E-state index in [0.29, 0.717) is 6.54 Å². The molecule has 0 aromatic carbocycles. The van der Waals surface area contributed by atoms with Crippen molar-refractivity contribution in [2.75, 3.05) is 11.5 Å². The number of nitrogens with zero attached hydrogens (tertiary/aromatic N) is 1. The molecule has 1 heterocycles. The molecule has 0 saturated heterocycles. The van der Waals surface area contributed by atoms with Crippen molar-refractivity contribution in [3.8, 4) is 0 Å². The van der Waals surface area contributed by atoms with Crippen molar-refractivity contribution in [3.05, 3.63) is 22.5 Å². The maximum Gasteiger partial charge on any atom is 0.257 e. The fraction of sp³-hybridized carbons (Fsp3) is 0.286. The molecule has 0 amide bonds. The zero-order valence-electron chi connectivity index (χ0n) is 6.22. The van der Waals surface area contributed by atoms with E-state index >= 15 is 0 Å². The first-order valence-electron chi connectivity index (χ1n) is 3.25. The van der Waals surface area contributed by atoms with Crippen molar-refractivity contribution in [2.45, 2.75) is 13.5 Å². The van der Waals surface area contributed by atoms with Gasteiger partial charge in [0.2, 0.25) is 0 Å². The maximum atomic E-state index is 10.8. The summed E-state index contributed by atoms with van der Waals surface area (Å²) >= 11 is 0. The predicted octanol–water partition coefficient (Wildman–Crippen LogP) is -0.367. The van der Waals surface area contributed by atoms with Crippen molar-refractivity contribution in [1.29, 1.82) is 0 Å². The van der Waals surface area contributed by atoms with Gasteiger partial charge in [-0.15, -0.1) is 0 Å². The van der Waals surface area contributed by atoms with Gasteiger partial charge >= 0.3 is 0 Å². The number of nitrogen functional groups attached to an aromatic ring is 2. The number of hydrogen-bond donors (Lipinski definition) is 2. The van der Waals surface area contributed by atoms with Crippen molar-refractivity contribution in [2.24, 2.45) is 0 Å². The Kier molecular flexibility index (Phi) is 1.73. The molecule has 0 radical (unpaired) electrons. The second-order valence-electron chi connectivity index (χ2n) is 2.11. The molecule has 1 aromatic rings. The van der Waals surface area contributed by atoms with E-state index in [1.807, 2.05) is 6.92 Å². The van der Waals surface area contributed by atoms with E-state index in [0.717, 1.165) is 0 Å². The Morgan fingerprint density at radius 1 is 1.55 bits per heavy atom. The summed E-state index contributed by atoms with van der Waals surface area (Å²) < 4.78 is 1.54. The molecule has 1 aromatic heterocycles. The SMILES string of the molecule is CCn1c#cc(=O)c(N)c1N. The van der Waals surface area contributed by atoms with E-state index < -0.39 is 5.43 Å². The largest absolute Gasteiger partial charge is 0.392 e. The molecule has 4 nitrogen and oxygen atoms in total.